The predicted molar refractivity (Wildman–Crippen MR) is 119 cm³/mol. The summed E-state index contributed by atoms with van der Waals surface area (Å²) >= 11 is 0. The van der Waals surface area contributed by atoms with Crippen LogP contribution >= 0.6 is 0 Å². The van der Waals surface area contributed by atoms with E-state index in [0.29, 0.717) is 30.0 Å². The molecule has 0 saturated heterocycles. The van der Waals surface area contributed by atoms with E-state index in [2.05, 4.69) is 15.7 Å². The summed E-state index contributed by atoms with van der Waals surface area (Å²) in [5.74, 6) is -0.121. The van der Waals surface area contributed by atoms with Gasteiger partial charge in [0.15, 0.2) is 0 Å². The number of anilines is 1. The van der Waals surface area contributed by atoms with Crippen LogP contribution < -0.4 is 10.6 Å². The van der Waals surface area contributed by atoms with Gasteiger partial charge in [-0.2, -0.15) is 5.10 Å². The Morgan fingerprint density at radius 1 is 1.03 bits per heavy atom. The summed E-state index contributed by atoms with van der Waals surface area (Å²) in [6.45, 7) is 3.96. The van der Waals surface area contributed by atoms with Gasteiger partial charge in [0.1, 0.15) is 11.6 Å². The number of hydrogen-bond donors (Lipinski definition) is 2. The second-order valence-corrected chi connectivity index (χ2v) is 7.45. The van der Waals surface area contributed by atoms with Gasteiger partial charge in [-0.1, -0.05) is 37.3 Å². The number of benzene rings is 2. The molecule has 0 aliphatic heterocycles. The predicted octanol–water partition coefficient (Wildman–Crippen LogP) is 4.70. The standard InChI is InChI=1S/C24H27FN4O2/c1-3-17(2)26-23(30)10-7-11-24(31)27-22-16-21(18-8-5-4-6-9-18)28-29(22)20-14-12-19(25)13-15-20/h4-6,8-9,12-17H,3,7,10-11H2,1-2H3,(H,26,30)(H,27,31)/t17-/m1/s1. The fourth-order valence-corrected chi connectivity index (χ4v) is 3.06. The zero-order chi connectivity index (χ0) is 22.2. The van der Waals surface area contributed by atoms with Gasteiger partial charge in [0, 0.05) is 30.5 Å². The zero-order valence-corrected chi connectivity index (χ0v) is 17.8. The van der Waals surface area contributed by atoms with Crippen LogP contribution in [0.15, 0.2) is 60.7 Å². The van der Waals surface area contributed by atoms with Crippen molar-refractivity contribution < 1.29 is 14.0 Å². The molecule has 2 aromatic carbocycles. The number of amides is 2. The highest BCUT2D eigenvalue weighted by Crippen LogP contribution is 2.25. The van der Waals surface area contributed by atoms with Crippen molar-refractivity contribution in [3.05, 3.63) is 66.5 Å². The van der Waals surface area contributed by atoms with E-state index in [1.165, 1.54) is 12.1 Å². The number of nitrogens with one attached hydrogen (secondary N) is 2. The van der Waals surface area contributed by atoms with Crippen molar-refractivity contribution in [2.45, 2.75) is 45.6 Å². The normalized spacial score (nSPS) is 11.7. The van der Waals surface area contributed by atoms with Gasteiger partial charge in [-0.3, -0.25) is 9.59 Å². The molecule has 6 nitrogen and oxygen atoms in total. The Hall–Kier alpha value is -3.48. The first-order chi connectivity index (χ1) is 15.0. The van der Waals surface area contributed by atoms with Crippen molar-refractivity contribution >= 4 is 17.6 Å². The van der Waals surface area contributed by atoms with Crippen LogP contribution in [0.4, 0.5) is 10.2 Å². The number of halogens is 1. The molecule has 1 heterocycles. The number of carbonyl (C=O) groups excluding carboxylic acids is 2. The van der Waals surface area contributed by atoms with E-state index in [9.17, 15) is 14.0 Å². The van der Waals surface area contributed by atoms with Crippen molar-refractivity contribution in [1.29, 1.82) is 0 Å². The Balaban J connectivity index is 1.71. The number of carbonyl (C=O) groups is 2. The molecule has 1 aromatic heterocycles. The van der Waals surface area contributed by atoms with Crippen molar-refractivity contribution in [1.82, 2.24) is 15.1 Å². The van der Waals surface area contributed by atoms with Gasteiger partial charge in [-0.15, -0.1) is 0 Å². The summed E-state index contributed by atoms with van der Waals surface area (Å²) in [7, 11) is 0. The molecule has 0 aliphatic rings. The van der Waals surface area contributed by atoms with E-state index in [-0.39, 0.29) is 30.1 Å². The number of rotatable bonds is 9. The molecular weight excluding hydrogens is 395 g/mol. The Bertz CT molecular complexity index is 1020. The van der Waals surface area contributed by atoms with E-state index in [4.69, 9.17) is 0 Å². The Morgan fingerprint density at radius 3 is 2.39 bits per heavy atom. The van der Waals surface area contributed by atoms with Crippen LogP contribution in [0.5, 0.6) is 0 Å². The molecule has 1 atom stereocenters. The van der Waals surface area contributed by atoms with E-state index in [1.807, 2.05) is 44.2 Å². The third kappa shape index (κ3) is 6.25. The Kier molecular flexibility index (Phi) is 7.54. The fraction of sp³-hybridized carbons (Fsp3) is 0.292. The number of aromatic nitrogens is 2. The summed E-state index contributed by atoms with van der Waals surface area (Å²) in [4.78, 5) is 24.4. The first kappa shape index (κ1) is 22.2. The van der Waals surface area contributed by atoms with Crippen LogP contribution in [-0.4, -0.2) is 27.6 Å². The second kappa shape index (κ2) is 10.5. The van der Waals surface area contributed by atoms with Crippen molar-refractivity contribution in [3.8, 4) is 16.9 Å². The Morgan fingerprint density at radius 2 is 1.71 bits per heavy atom. The fourth-order valence-electron chi connectivity index (χ4n) is 3.06. The molecule has 162 valence electrons. The monoisotopic (exact) mass is 422 g/mol. The smallest absolute Gasteiger partial charge is 0.225 e. The highest BCUT2D eigenvalue weighted by molar-refractivity contribution is 5.91. The number of nitrogens with zero attached hydrogens (tertiary/aromatic N) is 2. The average Bonchev–Trinajstić information content (AvgIpc) is 3.18. The minimum atomic E-state index is -0.347. The second-order valence-electron chi connectivity index (χ2n) is 7.45. The lowest BCUT2D eigenvalue weighted by atomic mass is 10.1. The topological polar surface area (TPSA) is 76.0 Å². The summed E-state index contributed by atoms with van der Waals surface area (Å²) in [6, 6.07) is 17.4. The molecule has 3 rings (SSSR count). The molecule has 31 heavy (non-hydrogen) atoms. The average molecular weight is 423 g/mol. The van der Waals surface area contributed by atoms with Crippen LogP contribution in [-0.2, 0) is 9.59 Å². The van der Waals surface area contributed by atoms with Crippen LogP contribution in [0.2, 0.25) is 0 Å². The molecule has 0 saturated carbocycles. The van der Waals surface area contributed by atoms with Crippen LogP contribution in [0, 0.1) is 5.82 Å². The molecule has 0 bridgehead atoms. The van der Waals surface area contributed by atoms with Gasteiger partial charge in [-0.05, 0) is 44.0 Å². The van der Waals surface area contributed by atoms with Gasteiger partial charge >= 0.3 is 0 Å². The molecule has 0 fully saturated rings. The van der Waals surface area contributed by atoms with E-state index < -0.39 is 0 Å². The van der Waals surface area contributed by atoms with Crippen molar-refractivity contribution in [3.63, 3.8) is 0 Å². The highest BCUT2D eigenvalue weighted by Gasteiger charge is 2.14. The quantitative estimate of drug-likeness (QED) is 0.525. The third-order valence-electron chi connectivity index (χ3n) is 4.95. The third-order valence-corrected chi connectivity index (χ3v) is 4.95. The maximum absolute atomic E-state index is 13.4. The van der Waals surface area contributed by atoms with E-state index >= 15 is 0 Å². The van der Waals surface area contributed by atoms with Crippen LogP contribution in [0.1, 0.15) is 39.5 Å². The van der Waals surface area contributed by atoms with Crippen LogP contribution in [0.3, 0.4) is 0 Å². The highest BCUT2D eigenvalue weighted by atomic mass is 19.1. The summed E-state index contributed by atoms with van der Waals surface area (Å²) in [6.07, 6.45) is 1.82. The molecular formula is C24H27FN4O2. The molecule has 0 spiro atoms. The lowest BCUT2D eigenvalue weighted by molar-refractivity contribution is -0.122. The minimum absolute atomic E-state index is 0.0510. The van der Waals surface area contributed by atoms with Gasteiger partial charge < -0.3 is 10.6 Å². The minimum Gasteiger partial charge on any atom is -0.354 e. The molecule has 3 aromatic rings. The number of hydrogen-bond acceptors (Lipinski definition) is 3. The van der Waals surface area contributed by atoms with Gasteiger partial charge in [0.25, 0.3) is 0 Å². The van der Waals surface area contributed by atoms with E-state index in [1.54, 1.807) is 22.9 Å². The first-order valence-electron chi connectivity index (χ1n) is 10.5. The summed E-state index contributed by atoms with van der Waals surface area (Å²) < 4.78 is 14.9. The zero-order valence-electron chi connectivity index (χ0n) is 17.8. The largest absolute Gasteiger partial charge is 0.354 e. The molecule has 2 amide bonds. The molecule has 0 aliphatic carbocycles. The van der Waals surface area contributed by atoms with Gasteiger partial charge in [0.05, 0.1) is 11.4 Å². The lowest BCUT2D eigenvalue weighted by Gasteiger charge is -2.11. The first-order valence-corrected chi connectivity index (χ1v) is 10.5. The van der Waals surface area contributed by atoms with Crippen LogP contribution in [0.25, 0.3) is 16.9 Å². The maximum Gasteiger partial charge on any atom is 0.225 e. The SMILES string of the molecule is CC[C@@H](C)NC(=O)CCCC(=O)Nc1cc(-c2ccccc2)nn1-c1ccc(F)cc1. The van der Waals surface area contributed by atoms with E-state index in [0.717, 1.165) is 12.0 Å². The molecule has 2 N–H and O–H groups in total. The summed E-state index contributed by atoms with van der Waals surface area (Å²) in [5.41, 5.74) is 2.22. The molecule has 7 heteroatoms. The summed E-state index contributed by atoms with van der Waals surface area (Å²) in [5, 5.41) is 10.4. The lowest BCUT2D eigenvalue weighted by Crippen LogP contribution is -2.31. The van der Waals surface area contributed by atoms with Crippen molar-refractivity contribution in [2.24, 2.45) is 0 Å². The Labute approximate surface area is 181 Å². The maximum atomic E-state index is 13.4. The van der Waals surface area contributed by atoms with Gasteiger partial charge in [0.2, 0.25) is 11.8 Å². The molecule has 0 unspecified atom stereocenters. The molecule has 0 radical (unpaired) electrons. The van der Waals surface area contributed by atoms with Crippen molar-refractivity contribution in [2.75, 3.05) is 5.32 Å². The van der Waals surface area contributed by atoms with Gasteiger partial charge in [-0.25, -0.2) is 9.07 Å².